The van der Waals surface area contributed by atoms with E-state index in [1.807, 2.05) is 43.3 Å². The highest BCUT2D eigenvalue weighted by atomic mass is 32.2. The Morgan fingerprint density at radius 2 is 1.80 bits per heavy atom. The van der Waals surface area contributed by atoms with Gasteiger partial charge in [-0.2, -0.15) is 0 Å². The first-order valence-corrected chi connectivity index (χ1v) is 9.35. The van der Waals surface area contributed by atoms with Gasteiger partial charge >= 0.3 is 0 Å². The predicted molar refractivity (Wildman–Crippen MR) is 96.7 cm³/mol. The first-order chi connectivity index (χ1) is 12.0. The second-order valence-electron chi connectivity index (χ2n) is 5.92. The third-order valence-corrected chi connectivity index (χ3v) is 5.22. The van der Waals surface area contributed by atoms with Gasteiger partial charge in [0.1, 0.15) is 11.8 Å². The lowest BCUT2D eigenvalue weighted by Crippen LogP contribution is -1.99. The summed E-state index contributed by atoms with van der Waals surface area (Å²) < 4.78 is 23.0. The predicted octanol–water partition coefficient (Wildman–Crippen LogP) is 4.50. The number of rotatable bonds is 3. The molecule has 1 atom stereocenters. The van der Waals surface area contributed by atoms with Gasteiger partial charge in [0, 0.05) is 29.0 Å². The minimum atomic E-state index is -1.00. The zero-order valence-corrected chi connectivity index (χ0v) is 14.9. The van der Waals surface area contributed by atoms with E-state index in [4.69, 9.17) is 8.83 Å². The summed E-state index contributed by atoms with van der Waals surface area (Å²) in [6.45, 7) is 3.73. The molecule has 0 saturated heterocycles. The van der Waals surface area contributed by atoms with Crippen molar-refractivity contribution in [1.29, 1.82) is 0 Å². The molecular weight excluding hydrogens is 336 g/mol. The summed E-state index contributed by atoms with van der Waals surface area (Å²) in [6.07, 6.45) is 3.43. The number of hydrogen-bond acceptors (Lipinski definition) is 5. The third-order valence-electron chi connectivity index (χ3n) is 4.14. The lowest BCUT2D eigenvalue weighted by molar-refractivity contribution is 0.533. The zero-order chi connectivity index (χ0) is 17.6. The van der Waals surface area contributed by atoms with Gasteiger partial charge in [-0.3, -0.25) is 0 Å². The van der Waals surface area contributed by atoms with E-state index in [-0.39, 0.29) is 0 Å². The van der Waals surface area contributed by atoms with E-state index in [2.05, 4.69) is 10.2 Å². The van der Waals surface area contributed by atoms with Crippen molar-refractivity contribution in [1.82, 2.24) is 10.2 Å². The summed E-state index contributed by atoms with van der Waals surface area (Å²) in [5.74, 6) is 1.01. The molecule has 4 aromatic rings. The third kappa shape index (κ3) is 2.83. The highest BCUT2D eigenvalue weighted by Gasteiger charge is 2.15. The van der Waals surface area contributed by atoms with E-state index in [1.54, 1.807) is 19.4 Å². The standard InChI is InChI=1S/C19H16N2O3S/c1-11-8-13(5-7-18(11)25(3)22)16-10-23-17-6-4-14(9-15(16)17)19-21-20-12(2)24-19/h4-10H,1-3H3. The van der Waals surface area contributed by atoms with Gasteiger partial charge in [-0.25, -0.2) is 0 Å². The van der Waals surface area contributed by atoms with Crippen LogP contribution >= 0.6 is 0 Å². The van der Waals surface area contributed by atoms with E-state index in [1.165, 1.54) is 0 Å². The molecule has 0 fully saturated rings. The molecule has 0 aliphatic rings. The van der Waals surface area contributed by atoms with Crippen LogP contribution in [0, 0.1) is 13.8 Å². The normalized spacial score (nSPS) is 12.6. The molecule has 2 aromatic carbocycles. The summed E-state index contributed by atoms with van der Waals surface area (Å²) in [5, 5.41) is 8.92. The fraction of sp³-hybridized carbons (Fsp3) is 0.158. The topological polar surface area (TPSA) is 75.1 Å². The maximum Gasteiger partial charge on any atom is 0.247 e. The van der Waals surface area contributed by atoms with Gasteiger partial charge in [0.05, 0.1) is 6.26 Å². The van der Waals surface area contributed by atoms with E-state index >= 15 is 0 Å². The molecule has 2 aromatic heterocycles. The fourth-order valence-electron chi connectivity index (χ4n) is 2.94. The highest BCUT2D eigenvalue weighted by Crippen LogP contribution is 2.34. The van der Waals surface area contributed by atoms with Gasteiger partial charge in [-0.1, -0.05) is 0 Å². The number of benzene rings is 2. The fourth-order valence-corrected chi connectivity index (χ4v) is 3.71. The van der Waals surface area contributed by atoms with Gasteiger partial charge in [0.15, 0.2) is 4.90 Å². The second-order valence-corrected chi connectivity index (χ2v) is 7.27. The first-order valence-electron chi connectivity index (χ1n) is 7.79. The van der Waals surface area contributed by atoms with E-state index in [9.17, 15) is 4.55 Å². The van der Waals surface area contributed by atoms with Crippen molar-refractivity contribution in [2.75, 3.05) is 6.26 Å². The number of nitrogens with zero attached hydrogens (tertiary/aromatic N) is 2. The Bertz CT molecular complexity index is 1070. The Hall–Kier alpha value is -2.57. The maximum absolute atomic E-state index is 11.7. The Morgan fingerprint density at radius 3 is 2.48 bits per heavy atom. The highest BCUT2D eigenvalue weighted by molar-refractivity contribution is 7.90. The van der Waals surface area contributed by atoms with Gasteiger partial charge in [-0.05, 0) is 60.1 Å². The lowest BCUT2D eigenvalue weighted by atomic mass is 10.0. The van der Waals surface area contributed by atoms with Crippen LogP contribution in [0.2, 0.25) is 0 Å². The van der Waals surface area contributed by atoms with Crippen molar-refractivity contribution < 1.29 is 13.4 Å². The molecule has 0 bridgehead atoms. The van der Waals surface area contributed by atoms with Gasteiger partial charge in [-0.15, -0.1) is 10.2 Å². The molecule has 0 aliphatic heterocycles. The van der Waals surface area contributed by atoms with E-state index < -0.39 is 11.2 Å². The maximum atomic E-state index is 11.7. The summed E-state index contributed by atoms with van der Waals surface area (Å²) in [7, 11) is 0. The summed E-state index contributed by atoms with van der Waals surface area (Å²) in [5.41, 5.74) is 4.62. The molecule has 4 rings (SSSR count). The minimum Gasteiger partial charge on any atom is -0.612 e. The minimum absolute atomic E-state index is 0.486. The Morgan fingerprint density at radius 1 is 1.00 bits per heavy atom. The van der Waals surface area contributed by atoms with Crippen molar-refractivity contribution in [3.63, 3.8) is 0 Å². The molecule has 1 unspecified atom stereocenters. The van der Waals surface area contributed by atoms with Crippen molar-refractivity contribution in [2.24, 2.45) is 0 Å². The quantitative estimate of drug-likeness (QED) is 0.507. The van der Waals surface area contributed by atoms with Crippen molar-refractivity contribution in [3.05, 3.63) is 54.1 Å². The average Bonchev–Trinajstić information content (AvgIpc) is 3.20. The molecule has 25 heavy (non-hydrogen) atoms. The van der Waals surface area contributed by atoms with Gasteiger partial charge in [0.25, 0.3) is 0 Å². The SMILES string of the molecule is Cc1nnc(-c2ccc3occ(-c4ccc([S+](C)[O-])c(C)c4)c3c2)o1. The molecule has 0 amide bonds. The van der Waals surface area contributed by atoms with Gasteiger partial charge < -0.3 is 13.4 Å². The molecule has 2 heterocycles. The molecule has 5 nitrogen and oxygen atoms in total. The van der Waals surface area contributed by atoms with E-state index in [0.717, 1.165) is 38.1 Å². The molecule has 6 heteroatoms. The van der Waals surface area contributed by atoms with Gasteiger partial charge in [0.2, 0.25) is 11.8 Å². The van der Waals surface area contributed by atoms with Crippen LogP contribution in [-0.4, -0.2) is 21.0 Å². The van der Waals surface area contributed by atoms with Crippen LogP contribution in [0.5, 0.6) is 0 Å². The number of hydrogen-bond donors (Lipinski definition) is 0. The number of aromatic nitrogens is 2. The van der Waals surface area contributed by atoms with Crippen molar-refractivity contribution in [3.8, 4) is 22.6 Å². The number of aryl methyl sites for hydroxylation is 2. The monoisotopic (exact) mass is 352 g/mol. The van der Waals surface area contributed by atoms with Crippen LogP contribution in [0.25, 0.3) is 33.6 Å². The molecule has 0 N–H and O–H groups in total. The Kier molecular flexibility index (Phi) is 3.86. The molecule has 0 aliphatic carbocycles. The molecule has 0 spiro atoms. The van der Waals surface area contributed by atoms with Crippen LogP contribution in [0.3, 0.4) is 0 Å². The smallest absolute Gasteiger partial charge is 0.247 e. The van der Waals surface area contributed by atoms with Crippen LogP contribution in [0.15, 0.2) is 56.4 Å². The van der Waals surface area contributed by atoms with Crippen molar-refractivity contribution >= 4 is 22.1 Å². The average molecular weight is 352 g/mol. The number of furan rings is 1. The summed E-state index contributed by atoms with van der Waals surface area (Å²) >= 11 is -1.00. The zero-order valence-electron chi connectivity index (χ0n) is 14.1. The van der Waals surface area contributed by atoms with Crippen LogP contribution in [-0.2, 0) is 11.2 Å². The molecule has 126 valence electrons. The second kappa shape index (κ2) is 6.06. The molecule has 0 radical (unpaired) electrons. The molecule has 0 saturated carbocycles. The Labute approximate surface area is 147 Å². The lowest BCUT2D eigenvalue weighted by Gasteiger charge is -2.09. The van der Waals surface area contributed by atoms with Crippen molar-refractivity contribution in [2.45, 2.75) is 18.7 Å². The first kappa shape index (κ1) is 15.9. The summed E-state index contributed by atoms with van der Waals surface area (Å²) in [6, 6.07) is 11.7. The van der Waals surface area contributed by atoms with Crippen LogP contribution < -0.4 is 0 Å². The van der Waals surface area contributed by atoms with Crippen LogP contribution in [0.4, 0.5) is 0 Å². The largest absolute Gasteiger partial charge is 0.612 e. The van der Waals surface area contributed by atoms with E-state index in [0.29, 0.717) is 11.8 Å². The summed E-state index contributed by atoms with van der Waals surface area (Å²) in [4.78, 5) is 0.846. The van der Waals surface area contributed by atoms with Crippen LogP contribution in [0.1, 0.15) is 11.5 Å². The number of fused-ring (bicyclic) bond motifs is 1. The molecular formula is C19H16N2O3S. The Balaban J connectivity index is 1.84.